The Hall–Kier alpha value is -5.23. The van der Waals surface area contributed by atoms with E-state index in [0.717, 1.165) is 21.7 Å². The van der Waals surface area contributed by atoms with Crippen LogP contribution in [0.1, 0.15) is 32.0 Å². The molecular formula is C33H29FN4O6S. The van der Waals surface area contributed by atoms with Gasteiger partial charge in [-0.3, -0.25) is 18.8 Å². The minimum Gasteiger partial charge on any atom is -0.471 e. The number of hydrogen-bond donors (Lipinski definition) is 1. The van der Waals surface area contributed by atoms with Crippen molar-refractivity contribution in [3.8, 4) is 28.3 Å². The third-order valence-electron chi connectivity index (χ3n) is 7.70. The number of nitrogens with one attached hydrogen (secondary N) is 1. The lowest BCUT2D eigenvalue weighted by Crippen LogP contribution is -2.38. The first kappa shape index (κ1) is 29.8. The second-order valence-corrected chi connectivity index (χ2v) is 12.8. The number of amides is 2. The number of aryl methyl sites for hydroxylation is 1. The molecule has 2 aromatic heterocycles. The molecule has 12 heteroatoms. The number of aromatic nitrogens is 1. The van der Waals surface area contributed by atoms with E-state index in [4.69, 9.17) is 9.15 Å². The van der Waals surface area contributed by atoms with Gasteiger partial charge in [0.1, 0.15) is 17.2 Å². The maximum atomic E-state index is 13.7. The Morgan fingerprint density at radius 1 is 1.07 bits per heavy atom. The van der Waals surface area contributed by atoms with Gasteiger partial charge in [0.05, 0.1) is 23.2 Å². The molecule has 2 amide bonds. The lowest BCUT2D eigenvalue weighted by Gasteiger charge is -2.28. The quantitative estimate of drug-likeness (QED) is 0.258. The van der Waals surface area contributed by atoms with Crippen molar-refractivity contribution in [2.45, 2.75) is 13.5 Å². The molecule has 1 aliphatic rings. The molecule has 0 unspecified atom stereocenters. The van der Waals surface area contributed by atoms with E-state index in [0.29, 0.717) is 28.8 Å². The maximum Gasteiger partial charge on any atom is 0.279 e. The number of ether oxygens (including phenoxy) is 1. The first-order valence-electron chi connectivity index (χ1n) is 14.0. The van der Waals surface area contributed by atoms with Crippen LogP contribution in [-0.4, -0.2) is 57.2 Å². The Balaban J connectivity index is 1.51. The van der Waals surface area contributed by atoms with Crippen molar-refractivity contribution in [3.63, 3.8) is 0 Å². The van der Waals surface area contributed by atoms with Crippen LogP contribution in [0.3, 0.4) is 0 Å². The SMILES string of the molecule is CNC(=O)c1c(-c2ccc(F)cc2)oc2cc(N(C)S(C)(=O)=O)c(-c3ccc4c(n3)C(=O)N(Cc3ccc(C)cc3)CO4)cc12. The van der Waals surface area contributed by atoms with Crippen molar-refractivity contribution in [2.24, 2.45) is 0 Å². The van der Waals surface area contributed by atoms with E-state index < -0.39 is 21.7 Å². The van der Waals surface area contributed by atoms with Crippen LogP contribution in [0, 0.1) is 12.7 Å². The number of pyridine rings is 1. The summed E-state index contributed by atoms with van der Waals surface area (Å²) < 4.78 is 52.3. The molecule has 1 N–H and O–H groups in total. The highest BCUT2D eigenvalue weighted by Crippen LogP contribution is 2.41. The van der Waals surface area contributed by atoms with Crippen LogP contribution < -0.4 is 14.4 Å². The molecule has 0 atom stereocenters. The highest BCUT2D eigenvalue weighted by atomic mass is 32.2. The molecule has 0 bridgehead atoms. The van der Waals surface area contributed by atoms with E-state index in [2.05, 4.69) is 10.3 Å². The zero-order chi connectivity index (χ0) is 32.0. The minimum absolute atomic E-state index is 0.0471. The number of furan rings is 1. The van der Waals surface area contributed by atoms with E-state index >= 15 is 0 Å². The largest absolute Gasteiger partial charge is 0.471 e. The third-order valence-corrected chi connectivity index (χ3v) is 8.89. The van der Waals surface area contributed by atoms with Gasteiger partial charge in [-0.15, -0.1) is 0 Å². The number of carbonyl (C=O) groups is 2. The third kappa shape index (κ3) is 5.60. The van der Waals surface area contributed by atoms with Gasteiger partial charge in [0.2, 0.25) is 10.0 Å². The summed E-state index contributed by atoms with van der Waals surface area (Å²) in [6.45, 7) is 2.35. The van der Waals surface area contributed by atoms with Crippen molar-refractivity contribution in [2.75, 3.05) is 31.4 Å². The average Bonchev–Trinajstić information content (AvgIpc) is 3.40. The summed E-state index contributed by atoms with van der Waals surface area (Å²) in [7, 11) is -0.906. The predicted octanol–water partition coefficient (Wildman–Crippen LogP) is 5.36. The normalized spacial score (nSPS) is 13.0. The Bertz CT molecular complexity index is 2080. The summed E-state index contributed by atoms with van der Waals surface area (Å²) in [6, 6.07) is 19.7. The van der Waals surface area contributed by atoms with Crippen LogP contribution >= 0.6 is 0 Å². The van der Waals surface area contributed by atoms with Gasteiger partial charge in [0, 0.05) is 43.2 Å². The van der Waals surface area contributed by atoms with Crippen LogP contribution in [0.2, 0.25) is 0 Å². The Kier molecular flexibility index (Phi) is 7.53. The topological polar surface area (TPSA) is 122 Å². The molecule has 45 heavy (non-hydrogen) atoms. The number of halogens is 1. The first-order valence-corrected chi connectivity index (χ1v) is 15.8. The highest BCUT2D eigenvalue weighted by Gasteiger charge is 2.30. The van der Waals surface area contributed by atoms with Crippen molar-refractivity contribution >= 4 is 38.5 Å². The molecule has 0 radical (unpaired) electrons. The van der Waals surface area contributed by atoms with Crippen LogP contribution in [0.5, 0.6) is 5.75 Å². The number of benzene rings is 3. The fraction of sp³-hybridized carbons (Fsp3) is 0.182. The Morgan fingerprint density at radius 2 is 1.78 bits per heavy atom. The zero-order valence-electron chi connectivity index (χ0n) is 24.9. The zero-order valence-corrected chi connectivity index (χ0v) is 25.7. The van der Waals surface area contributed by atoms with Gasteiger partial charge in [-0.25, -0.2) is 17.8 Å². The van der Waals surface area contributed by atoms with Crippen LogP contribution in [0.25, 0.3) is 33.6 Å². The second kappa shape index (κ2) is 11.4. The monoisotopic (exact) mass is 628 g/mol. The molecule has 0 aliphatic carbocycles. The fourth-order valence-corrected chi connectivity index (χ4v) is 5.69. The maximum absolute atomic E-state index is 13.7. The average molecular weight is 629 g/mol. The second-order valence-electron chi connectivity index (χ2n) is 10.8. The number of sulfonamides is 1. The standard InChI is InChI=1S/C33H29FN4O6S/c1-19-5-7-20(8-6-19)17-38-18-43-27-14-13-25(36-30(27)33(38)40)23-15-24-28(16-26(23)37(3)45(4,41)42)44-31(29(24)32(39)35-2)21-9-11-22(34)12-10-21/h5-16H,17-18H2,1-4H3,(H,35,39). The van der Waals surface area contributed by atoms with E-state index in [1.165, 1.54) is 49.3 Å². The molecule has 6 rings (SSSR count). The molecule has 3 heterocycles. The Labute approximate surface area is 259 Å². The van der Waals surface area contributed by atoms with Crippen LogP contribution in [0.15, 0.2) is 77.2 Å². The number of anilines is 1. The van der Waals surface area contributed by atoms with E-state index in [-0.39, 0.29) is 46.6 Å². The molecule has 1 aliphatic heterocycles. The minimum atomic E-state index is -3.77. The van der Waals surface area contributed by atoms with E-state index in [1.54, 1.807) is 18.2 Å². The van der Waals surface area contributed by atoms with Gasteiger partial charge in [0.25, 0.3) is 11.8 Å². The van der Waals surface area contributed by atoms with Crippen molar-refractivity contribution in [1.29, 1.82) is 0 Å². The van der Waals surface area contributed by atoms with Gasteiger partial charge in [-0.05, 0) is 55.0 Å². The fourth-order valence-electron chi connectivity index (χ4n) is 5.18. The molecule has 3 aromatic carbocycles. The smallest absolute Gasteiger partial charge is 0.279 e. The van der Waals surface area contributed by atoms with Gasteiger partial charge in [0.15, 0.2) is 18.2 Å². The lowest BCUT2D eigenvalue weighted by atomic mass is 10.0. The van der Waals surface area contributed by atoms with Crippen molar-refractivity contribution < 1.29 is 31.6 Å². The molecular weight excluding hydrogens is 599 g/mol. The number of fused-ring (bicyclic) bond motifs is 2. The van der Waals surface area contributed by atoms with Gasteiger partial charge in [-0.2, -0.15) is 0 Å². The Morgan fingerprint density at radius 3 is 2.44 bits per heavy atom. The summed E-state index contributed by atoms with van der Waals surface area (Å²) in [5.41, 5.74) is 3.78. The molecule has 0 saturated heterocycles. The lowest BCUT2D eigenvalue weighted by molar-refractivity contribution is 0.0488. The summed E-state index contributed by atoms with van der Waals surface area (Å²) in [6.07, 6.45) is 1.06. The molecule has 10 nitrogen and oxygen atoms in total. The molecule has 5 aromatic rings. The van der Waals surface area contributed by atoms with Gasteiger partial charge in [-0.1, -0.05) is 29.8 Å². The van der Waals surface area contributed by atoms with E-state index in [1.807, 2.05) is 31.2 Å². The van der Waals surface area contributed by atoms with Crippen molar-refractivity contribution in [3.05, 3.63) is 101 Å². The molecule has 230 valence electrons. The summed E-state index contributed by atoms with van der Waals surface area (Å²) >= 11 is 0. The number of nitrogens with zero attached hydrogens (tertiary/aromatic N) is 3. The first-order chi connectivity index (χ1) is 21.4. The summed E-state index contributed by atoms with van der Waals surface area (Å²) in [5, 5.41) is 2.99. The van der Waals surface area contributed by atoms with Crippen molar-refractivity contribution in [1.82, 2.24) is 15.2 Å². The molecule has 0 saturated carbocycles. The van der Waals surface area contributed by atoms with Crippen LogP contribution in [0.4, 0.5) is 10.1 Å². The highest BCUT2D eigenvalue weighted by molar-refractivity contribution is 7.92. The number of carbonyl (C=O) groups excluding carboxylic acids is 2. The predicted molar refractivity (Wildman–Crippen MR) is 168 cm³/mol. The number of hydrogen-bond acceptors (Lipinski definition) is 7. The molecule has 0 fully saturated rings. The summed E-state index contributed by atoms with van der Waals surface area (Å²) in [4.78, 5) is 33.0. The summed E-state index contributed by atoms with van der Waals surface area (Å²) in [5.74, 6) is -0.771. The van der Waals surface area contributed by atoms with E-state index in [9.17, 15) is 22.4 Å². The van der Waals surface area contributed by atoms with Gasteiger partial charge >= 0.3 is 0 Å². The molecule has 0 spiro atoms. The van der Waals surface area contributed by atoms with Gasteiger partial charge < -0.3 is 14.5 Å². The van der Waals surface area contributed by atoms with Crippen LogP contribution in [-0.2, 0) is 16.6 Å². The number of rotatable bonds is 7.